The van der Waals surface area contributed by atoms with E-state index in [0.717, 1.165) is 74.4 Å². The van der Waals surface area contributed by atoms with E-state index in [9.17, 15) is 9.90 Å². The number of aliphatic hydroxyl groups is 1. The second-order valence-electron chi connectivity index (χ2n) is 11.4. The van der Waals surface area contributed by atoms with Crippen LogP contribution in [0.2, 0.25) is 0 Å². The van der Waals surface area contributed by atoms with Crippen LogP contribution in [0.25, 0.3) is 0 Å². The first kappa shape index (κ1) is 29.4. The molecule has 2 saturated carbocycles. The highest BCUT2D eigenvalue weighted by Crippen LogP contribution is 2.31. The average molecular weight is 455 g/mol. The quantitative estimate of drug-likeness (QED) is 0.463. The van der Waals surface area contributed by atoms with Crippen LogP contribution in [0.1, 0.15) is 113 Å². The SMILES string of the molecule is CC(=O)OC1CCC(C(C)C)CC1.CC(C)C1CCC(O)CC1.CC(C)C1CCOCC1. The Morgan fingerprint density at radius 3 is 1.41 bits per heavy atom. The van der Waals surface area contributed by atoms with Crippen LogP contribution >= 0.6 is 0 Å². The van der Waals surface area contributed by atoms with E-state index in [-0.39, 0.29) is 18.2 Å². The molecular formula is C28H54O4. The van der Waals surface area contributed by atoms with Crippen LogP contribution in [0.5, 0.6) is 0 Å². The van der Waals surface area contributed by atoms with Crippen molar-refractivity contribution in [1.82, 2.24) is 0 Å². The normalized spacial score (nSPS) is 29.1. The number of hydrogen-bond donors (Lipinski definition) is 1. The fourth-order valence-corrected chi connectivity index (χ4v) is 5.26. The van der Waals surface area contributed by atoms with Gasteiger partial charge in [0.05, 0.1) is 6.10 Å². The minimum Gasteiger partial charge on any atom is -0.463 e. The molecule has 0 aromatic rings. The Balaban J connectivity index is 0.000000245. The van der Waals surface area contributed by atoms with Crippen molar-refractivity contribution >= 4 is 5.97 Å². The molecule has 190 valence electrons. The lowest BCUT2D eigenvalue weighted by Gasteiger charge is -2.30. The first-order valence-corrected chi connectivity index (χ1v) is 13.5. The van der Waals surface area contributed by atoms with E-state index in [1.165, 1.54) is 45.4 Å². The number of ether oxygens (including phenoxy) is 2. The maximum Gasteiger partial charge on any atom is 0.302 e. The van der Waals surface area contributed by atoms with Crippen molar-refractivity contribution in [3.05, 3.63) is 0 Å². The number of hydrogen-bond acceptors (Lipinski definition) is 4. The molecule has 4 heteroatoms. The van der Waals surface area contributed by atoms with Gasteiger partial charge in [0.2, 0.25) is 0 Å². The van der Waals surface area contributed by atoms with Crippen molar-refractivity contribution in [3.8, 4) is 0 Å². The van der Waals surface area contributed by atoms with Crippen molar-refractivity contribution < 1.29 is 19.4 Å². The van der Waals surface area contributed by atoms with Gasteiger partial charge in [0.15, 0.2) is 0 Å². The maximum atomic E-state index is 10.7. The molecule has 0 unspecified atom stereocenters. The fourth-order valence-electron chi connectivity index (χ4n) is 5.26. The molecule has 1 N–H and O–H groups in total. The van der Waals surface area contributed by atoms with Crippen molar-refractivity contribution in [2.75, 3.05) is 13.2 Å². The van der Waals surface area contributed by atoms with Crippen LogP contribution in [-0.2, 0) is 14.3 Å². The zero-order valence-corrected chi connectivity index (χ0v) is 22.3. The molecule has 3 rings (SSSR count). The maximum absolute atomic E-state index is 10.7. The summed E-state index contributed by atoms with van der Waals surface area (Å²) in [4.78, 5) is 10.7. The zero-order chi connectivity index (χ0) is 24.1. The van der Waals surface area contributed by atoms with E-state index in [1.54, 1.807) is 0 Å². The van der Waals surface area contributed by atoms with Gasteiger partial charge in [-0.05, 0) is 99.7 Å². The fraction of sp³-hybridized carbons (Fsp3) is 0.964. The Bertz CT molecular complexity index is 466. The minimum absolute atomic E-state index is 0.00926. The van der Waals surface area contributed by atoms with E-state index in [2.05, 4.69) is 41.5 Å². The summed E-state index contributed by atoms with van der Waals surface area (Å²) in [5, 5.41) is 9.21. The van der Waals surface area contributed by atoms with E-state index >= 15 is 0 Å². The highest BCUT2D eigenvalue weighted by atomic mass is 16.5. The highest BCUT2D eigenvalue weighted by Gasteiger charge is 2.24. The number of rotatable bonds is 4. The summed E-state index contributed by atoms with van der Waals surface area (Å²) in [6, 6.07) is 0. The largest absolute Gasteiger partial charge is 0.463 e. The Kier molecular flexibility index (Phi) is 14.8. The number of carbonyl (C=O) groups excluding carboxylic acids is 1. The van der Waals surface area contributed by atoms with Gasteiger partial charge in [0, 0.05) is 20.1 Å². The monoisotopic (exact) mass is 454 g/mol. The third-order valence-electron chi connectivity index (χ3n) is 7.89. The lowest BCUT2D eigenvalue weighted by atomic mass is 9.80. The molecule has 0 radical (unpaired) electrons. The molecule has 1 aliphatic heterocycles. The molecule has 4 nitrogen and oxygen atoms in total. The second kappa shape index (κ2) is 16.1. The Morgan fingerprint density at radius 2 is 1.06 bits per heavy atom. The van der Waals surface area contributed by atoms with Crippen molar-refractivity contribution in [3.63, 3.8) is 0 Å². The standard InChI is InChI=1S/C11H20O2.C9H18O.C8H16O/c1-8(2)10-4-6-11(7-5-10)13-9(3)12;1-7(2)8-3-5-9(10)6-4-8;1-7(2)8-3-5-9-6-4-8/h8,10-11H,4-7H2,1-3H3;7-10H,3-6H2,1-2H3;7-8H,3-6H2,1-2H3. The van der Waals surface area contributed by atoms with Gasteiger partial charge >= 0.3 is 5.97 Å². The molecule has 0 spiro atoms. The molecule has 1 saturated heterocycles. The summed E-state index contributed by atoms with van der Waals surface area (Å²) < 4.78 is 10.4. The lowest BCUT2D eigenvalue weighted by Crippen LogP contribution is -2.25. The molecule has 0 bridgehead atoms. The molecule has 3 aliphatic rings. The molecule has 2 aliphatic carbocycles. The third-order valence-corrected chi connectivity index (χ3v) is 7.89. The summed E-state index contributed by atoms with van der Waals surface area (Å²) in [5.41, 5.74) is 0. The van der Waals surface area contributed by atoms with Gasteiger partial charge in [-0.1, -0.05) is 41.5 Å². The number of esters is 1. The molecule has 0 atom stereocenters. The number of aliphatic hydroxyl groups excluding tert-OH is 1. The molecule has 0 aromatic carbocycles. The molecule has 0 amide bonds. The summed E-state index contributed by atoms with van der Waals surface area (Å²) in [6.45, 7) is 17.2. The molecular weight excluding hydrogens is 400 g/mol. The zero-order valence-electron chi connectivity index (χ0n) is 22.3. The van der Waals surface area contributed by atoms with Crippen molar-refractivity contribution in [2.24, 2.45) is 35.5 Å². The third kappa shape index (κ3) is 12.6. The van der Waals surface area contributed by atoms with E-state index in [4.69, 9.17) is 9.47 Å². The number of carbonyl (C=O) groups is 1. The van der Waals surface area contributed by atoms with Crippen LogP contribution in [-0.4, -0.2) is 36.5 Å². The first-order valence-electron chi connectivity index (χ1n) is 13.5. The van der Waals surface area contributed by atoms with Crippen LogP contribution in [0.15, 0.2) is 0 Å². The van der Waals surface area contributed by atoms with Crippen LogP contribution in [0.3, 0.4) is 0 Å². The molecule has 1 heterocycles. The van der Waals surface area contributed by atoms with Gasteiger partial charge in [-0.25, -0.2) is 0 Å². The Hall–Kier alpha value is -0.610. The highest BCUT2D eigenvalue weighted by molar-refractivity contribution is 5.66. The van der Waals surface area contributed by atoms with Crippen molar-refractivity contribution in [2.45, 2.75) is 125 Å². The minimum atomic E-state index is -0.131. The van der Waals surface area contributed by atoms with Gasteiger partial charge in [-0.2, -0.15) is 0 Å². The van der Waals surface area contributed by atoms with Crippen LogP contribution in [0.4, 0.5) is 0 Å². The van der Waals surface area contributed by atoms with Gasteiger partial charge in [-0.15, -0.1) is 0 Å². The van der Waals surface area contributed by atoms with Gasteiger partial charge in [0.25, 0.3) is 0 Å². The van der Waals surface area contributed by atoms with Crippen LogP contribution < -0.4 is 0 Å². The predicted octanol–water partition coefficient (Wildman–Crippen LogP) is 7.03. The van der Waals surface area contributed by atoms with Gasteiger partial charge < -0.3 is 14.6 Å². The summed E-state index contributed by atoms with van der Waals surface area (Å²) >= 11 is 0. The summed E-state index contributed by atoms with van der Waals surface area (Å²) in [5.74, 6) is 4.96. The molecule has 32 heavy (non-hydrogen) atoms. The van der Waals surface area contributed by atoms with Gasteiger partial charge in [-0.3, -0.25) is 4.79 Å². The summed E-state index contributed by atoms with van der Waals surface area (Å²) in [6.07, 6.45) is 11.8. The average Bonchev–Trinajstić information content (AvgIpc) is 2.75. The molecule has 0 aromatic heterocycles. The van der Waals surface area contributed by atoms with E-state index in [1.807, 2.05) is 0 Å². The van der Waals surface area contributed by atoms with E-state index < -0.39 is 0 Å². The van der Waals surface area contributed by atoms with Crippen LogP contribution in [0, 0.1) is 35.5 Å². The lowest BCUT2D eigenvalue weighted by molar-refractivity contribution is -0.148. The Morgan fingerprint density at radius 1 is 0.688 bits per heavy atom. The predicted molar refractivity (Wildman–Crippen MR) is 134 cm³/mol. The topological polar surface area (TPSA) is 55.8 Å². The van der Waals surface area contributed by atoms with Crippen molar-refractivity contribution in [1.29, 1.82) is 0 Å². The van der Waals surface area contributed by atoms with E-state index in [0.29, 0.717) is 0 Å². The first-order chi connectivity index (χ1) is 15.1. The van der Waals surface area contributed by atoms with Gasteiger partial charge in [0.1, 0.15) is 6.10 Å². The molecule has 3 fully saturated rings. The Labute approximate surface area is 199 Å². The summed E-state index contributed by atoms with van der Waals surface area (Å²) in [7, 11) is 0. The second-order valence-corrected chi connectivity index (χ2v) is 11.4. The smallest absolute Gasteiger partial charge is 0.302 e.